The lowest BCUT2D eigenvalue weighted by Crippen LogP contribution is -2.32. The molecule has 0 spiro atoms. The van der Waals surface area contributed by atoms with E-state index in [2.05, 4.69) is 0 Å². The van der Waals surface area contributed by atoms with Crippen molar-refractivity contribution in [1.29, 1.82) is 0 Å². The summed E-state index contributed by atoms with van der Waals surface area (Å²) in [5, 5.41) is 9.15. The molecule has 1 aromatic rings. The molecule has 0 amide bonds. The maximum atomic E-state index is 10.6. The Bertz CT molecular complexity index is 368. The highest BCUT2D eigenvalue weighted by atomic mass is 35.5. The van der Waals surface area contributed by atoms with Gasteiger partial charge in [0.1, 0.15) is 11.8 Å². The minimum absolute atomic E-state index is 0.186. The van der Waals surface area contributed by atoms with Crippen molar-refractivity contribution in [1.82, 2.24) is 0 Å². The SMILES string of the molecule is COc1ccc(Cl)c(C[C@H](N)C(=O)O)c1. The van der Waals surface area contributed by atoms with E-state index in [4.69, 9.17) is 27.2 Å². The van der Waals surface area contributed by atoms with E-state index < -0.39 is 12.0 Å². The molecule has 0 radical (unpaired) electrons. The van der Waals surface area contributed by atoms with E-state index in [1.165, 1.54) is 7.11 Å². The predicted molar refractivity (Wildman–Crippen MR) is 57.3 cm³/mol. The first-order chi connectivity index (χ1) is 7.04. The van der Waals surface area contributed by atoms with Gasteiger partial charge >= 0.3 is 5.97 Å². The molecule has 1 rings (SSSR count). The standard InChI is InChI=1S/C10H12ClNO3/c1-15-7-2-3-8(11)6(4-7)5-9(12)10(13)14/h2-4,9H,5,12H2,1H3,(H,13,14)/t9-/m0/s1. The van der Waals surface area contributed by atoms with Crippen molar-refractivity contribution in [3.8, 4) is 5.75 Å². The van der Waals surface area contributed by atoms with E-state index in [0.29, 0.717) is 16.3 Å². The van der Waals surface area contributed by atoms with Crippen LogP contribution in [0.3, 0.4) is 0 Å². The number of aliphatic carboxylic acids is 1. The summed E-state index contributed by atoms with van der Waals surface area (Å²) in [6, 6.07) is 4.10. The van der Waals surface area contributed by atoms with Crippen LogP contribution >= 0.6 is 11.6 Å². The number of hydrogen-bond donors (Lipinski definition) is 2. The highest BCUT2D eigenvalue weighted by Gasteiger charge is 2.14. The summed E-state index contributed by atoms with van der Waals surface area (Å²) < 4.78 is 5.01. The second-order valence-corrected chi connectivity index (χ2v) is 3.51. The molecule has 0 aliphatic carbocycles. The highest BCUT2D eigenvalue weighted by Crippen LogP contribution is 2.22. The minimum Gasteiger partial charge on any atom is -0.497 e. The Morgan fingerprint density at radius 3 is 2.87 bits per heavy atom. The second kappa shape index (κ2) is 5.00. The topological polar surface area (TPSA) is 72.5 Å². The summed E-state index contributed by atoms with van der Waals surface area (Å²) in [6.45, 7) is 0. The predicted octanol–water partition coefficient (Wildman–Crippen LogP) is 1.30. The van der Waals surface area contributed by atoms with Crippen LogP contribution in [0.4, 0.5) is 0 Å². The maximum Gasteiger partial charge on any atom is 0.320 e. The molecule has 3 N–H and O–H groups in total. The quantitative estimate of drug-likeness (QED) is 0.817. The Morgan fingerprint density at radius 2 is 2.33 bits per heavy atom. The average molecular weight is 230 g/mol. The summed E-state index contributed by atoms with van der Waals surface area (Å²) in [7, 11) is 1.53. The first-order valence-corrected chi connectivity index (χ1v) is 4.73. The number of rotatable bonds is 4. The smallest absolute Gasteiger partial charge is 0.320 e. The third-order valence-corrected chi connectivity index (χ3v) is 2.38. The van der Waals surface area contributed by atoms with Crippen molar-refractivity contribution < 1.29 is 14.6 Å². The third kappa shape index (κ3) is 3.11. The molecular formula is C10H12ClNO3. The molecule has 0 saturated heterocycles. The zero-order chi connectivity index (χ0) is 11.4. The minimum atomic E-state index is -1.05. The van der Waals surface area contributed by atoms with E-state index in [1.54, 1.807) is 18.2 Å². The van der Waals surface area contributed by atoms with Crippen molar-refractivity contribution in [2.24, 2.45) is 5.73 Å². The van der Waals surface area contributed by atoms with Crippen LogP contribution in [-0.4, -0.2) is 24.2 Å². The number of nitrogens with two attached hydrogens (primary N) is 1. The van der Waals surface area contributed by atoms with Crippen molar-refractivity contribution in [3.63, 3.8) is 0 Å². The van der Waals surface area contributed by atoms with Gasteiger partial charge in [0.25, 0.3) is 0 Å². The summed E-state index contributed by atoms with van der Waals surface area (Å²) >= 11 is 5.90. The van der Waals surface area contributed by atoms with E-state index in [9.17, 15) is 4.79 Å². The zero-order valence-electron chi connectivity index (χ0n) is 8.24. The molecule has 1 atom stereocenters. The molecule has 1 aromatic carbocycles. The Kier molecular flexibility index (Phi) is 3.94. The van der Waals surface area contributed by atoms with Gasteiger partial charge in [-0.3, -0.25) is 4.79 Å². The Labute approximate surface area is 92.6 Å². The Balaban J connectivity index is 2.88. The second-order valence-electron chi connectivity index (χ2n) is 3.11. The van der Waals surface area contributed by atoms with Crippen molar-refractivity contribution in [2.75, 3.05) is 7.11 Å². The largest absolute Gasteiger partial charge is 0.497 e. The molecule has 0 bridgehead atoms. The van der Waals surface area contributed by atoms with Gasteiger partial charge in [0, 0.05) is 5.02 Å². The molecule has 0 heterocycles. The molecule has 82 valence electrons. The fraction of sp³-hybridized carbons (Fsp3) is 0.300. The maximum absolute atomic E-state index is 10.6. The van der Waals surface area contributed by atoms with E-state index >= 15 is 0 Å². The summed E-state index contributed by atoms with van der Waals surface area (Å²) in [6.07, 6.45) is 0.186. The normalized spacial score (nSPS) is 12.2. The van der Waals surface area contributed by atoms with E-state index in [0.717, 1.165) is 0 Å². The fourth-order valence-electron chi connectivity index (χ4n) is 1.16. The molecular weight excluding hydrogens is 218 g/mol. The van der Waals surface area contributed by atoms with E-state index in [1.807, 2.05) is 0 Å². The molecule has 0 unspecified atom stereocenters. The van der Waals surface area contributed by atoms with Gasteiger partial charge in [0.05, 0.1) is 7.11 Å². The molecule has 0 aliphatic rings. The lowest BCUT2D eigenvalue weighted by molar-refractivity contribution is -0.138. The molecule has 0 fully saturated rings. The number of hydrogen-bond acceptors (Lipinski definition) is 3. The van der Waals surface area contributed by atoms with E-state index in [-0.39, 0.29) is 6.42 Å². The van der Waals surface area contributed by atoms with Gasteiger partial charge in [-0.1, -0.05) is 11.6 Å². The monoisotopic (exact) mass is 229 g/mol. The molecule has 0 aromatic heterocycles. The number of carbonyl (C=O) groups is 1. The van der Waals surface area contributed by atoms with Crippen LogP contribution in [0, 0.1) is 0 Å². The summed E-state index contributed by atoms with van der Waals surface area (Å²) in [5.41, 5.74) is 6.08. The summed E-state index contributed by atoms with van der Waals surface area (Å²) in [5.74, 6) is -0.416. The van der Waals surface area contributed by atoms with Gasteiger partial charge in [0.15, 0.2) is 0 Å². The number of ether oxygens (including phenoxy) is 1. The van der Waals surface area contributed by atoms with Crippen LogP contribution in [0.2, 0.25) is 5.02 Å². The van der Waals surface area contributed by atoms with Gasteiger partial charge in [-0.2, -0.15) is 0 Å². The Morgan fingerprint density at radius 1 is 1.67 bits per heavy atom. The van der Waals surface area contributed by atoms with Gasteiger partial charge in [-0.15, -0.1) is 0 Å². The highest BCUT2D eigenvalue weighted by molar-refractivity contribution is 6.31. The zero-order valence-corrected chi connectivity index (χ0v) is 8.99. The summed E-state index contributed by atoms with van der Waals surface area (Å²) in [4.78, 5) is 10.6. The molecule has 15 heavy (non-hydrogen) atoms. The van der Waals surface area contributed by atoms with Crippen molar-refractivity contribution >= 4 is 17.6 Å². The van der Waals surface area contributed by atoms with Crippen LogP contribution in [0.25, 0.3) is 0 Å². The number of carboxylic acid groups (broad SMARTS) is 1. The van der Waals surface area contributed by atoms with Crippen LogP contribution in [0.15, 0.2) is 18.2 Å². The lowest BCUT2D eigenvalue weighted by Gasteiger charge is -2.09. The lowest BCUT2D eigenvalue weighted by atomic mass is 10.1. The van der Waals surface area contributed by atoms with Gasteiger partial charge in [-0.25, -0.2) is 0 Å². The first-order valence-electron chi connectivity index (χ1n) is 4.35. The number of halogens is 1. The van der Waals surface area contributed by atoms with Gasteiger partial charge in [0.2, 0.25) is 0 Å². The van der Waals surface area contributed by atoms with Crippen molar-refractivity contribution in [3.05, 3.63) is 28.8 Å². The van der Waals surface area contributed by atoms with Crippen LogP contribution in [0.5, 0.6) is 5.75 Å². The third-order valence-electron chi connectivity index (χ3n) is 2.01. The van der Waals surface area contributed by atoms with Crippen molar-refractivity contribution in [2.45, 2.75) is 12.5 Å². The first kappa shape index (κ1) is 11.8. The van der Waals surface area contributed by atoms with Gasteiger partial charge < -0.3 is 15.6 Å². The Hall–Kier alpha value is -1.26. The molecule has 4 nitrogen and oxygen atoms in total. The molecule has 0 saturated carbocycles. The number of methoxy groups -OCH3 is 1. The molecule has 5 heteroatoms. The van der Waals surface area contributed by atoms with Crippen LogP contribution in [-0.2, 0) is 11.2 Å². The average Bonchev–Trinajstić information content (AvgIpc) is 2.21. The number of benzene rings is 1. The fourth-order valence-corrected chi connectivity index (χ4v) is 1.35. The van der Waals surface area contributed by atoms with Gasteiger partial charge in [-0.05, 0) is 30.2 Å². The molecule has 0 aliphatic heterocycles. The van der Waals surface area contributed by atoms with Crippen LogP contribution in [0.1, 0.15) is 5.56 Å². The number of carboxylic acids is 1. The van der Waals surface area contributed by atoms with Crippen LogP contribution < -0.4 is 10.5 Å².